The third-order valence-electron chi connectivity index (χ3n) is 5.45. The second kappa shape index (κ2) is 18.3. The molecule has 0 aliphatic heterocycles. The molecule has 0 heterocycles. The summed E-state index contributed by atoms with van der Waals surface area (Å²) in [5.74, 6) is 6.31. The Morgan fingerprint density at radius 2 is 1.41 bits per heavy atom. The predicted octanol–water partition coefficient (Wildman–Crippen LogP) is 7.20. The highest BCUT2D eigenvalue weighted by atomic mass is 16.1. The monoisotopic (exact) mass is 397 g/mol. The maximum Gasteiger partial charge on any atom is 0.220 e. The summed E-state index contributed by atoms with van der Waals surface area (Å²) in [6.45, 7) is 4.85. The molecule has 0 aromatic heterocycles. The number of carbonyl (C=O) groups is 1. The van der Waals surface area contributed by atoms with E-state index >= 15 is 0 Å². The highest BCUT2D eigenvalue weighted by Gasteiger charge is 1.99. The molecule has 0 saturated heterocycles. The van der Waals surface area contributed by atoms with Gasteiger partial charge in [-0.05, 0) is 30.5 Å². The number of benzene rings is 1. The van der Waals surface area contributed by atoms with Crippen LogP contribution in [0.15, 0.2) is 24.3 Å². The quantitative estimate of drug-likeness (QED) is 0.232. The minimum atomic E-state index is 0.129. The normalized spacial score (nSPS) is 10.4. The molecule has 0 saturated carbocycles. The minimum Gasteiger partial charge on any atom is -0.345 e. The molecular weight excluding hydrogens is 354 g/mol. The topological polar surface area (TPSA) is 29.1 Å². The van der Waals surface area contributed by atoms with Gasteiger partial charge in [-0.2, -0.15) is 0 Å². The number of aryl methyl sites for hydroxylation is 1. The fourth-order valence-electron chi connectivity index (χ4n) is 3.55. The van der Waals surface area contributed by atoms with Gasteiger partial charge in [0.2, 0.25) is 5.91 Å². The molecule has 2 nitrogen and oxygen atoms in total. The van der Waals surface area contributed by atoms with Gasteiger partial charge in [-0.15, -0.1) is 0 Å². The van der Waals surface area contributed by atoms with Crippen molar-refractivity contribution in [3.05, 3.63) is 35.4 Å². The summed E-state index contributed by atoms with van der Waals surface area (Å²) in [5.41, 5.74) is 2.32. The van der Waals surface area contributed by atoms with Gasteiger partial charge < -0.3 is 5.32 Å². The van der Waals surface area contributed by atoms with Crippen LogP contribution in [-0.2, 0) is 11.2 Å². The van der Waals surface area contributed by atoms with E-state index < -0.39 is 0 Å². The summed E-state index contributed by atoms with van der Waals surface area (Å²) in [4.78, 5) is 11.9. The molecule has 1 rings (SSSR count). The van der Waals surface area contributed by atoms with Crippen molar-refractivity contribution in [1.82, 2.24) is 5.32 Å². The third-order valence-corrected chi connectivity index (χ3v) is 5.45. The number of amides is 1. The lowest BCUT2D eigenvalue weighted by atomic mass is 10.0. The highest BCUT2D eigenvalue weighted by molar-refractivity contribution is 5.76. The SMILES string of the molecule is CCCCCCCCCCCCCCCC(=O)NCC#Cc1cccc(CC)c1. The van der Waals surface area contributed by atoms with Gasteiger partial charge in [0.15, 0.2) is 0 Å². The summed E-state index contributed by atoms with van der Waals surface area (Å²) in [7, 11) is 0. The van der Waals surface area contributed by atoms with Gasteiger partial charge in [0.1, 0.15) is 0 Å². The zero-order chi connectivity index (χ0) is 21.0. The number of carbonyl (C=O) groups excluding carboxylic acids is 1. The van der Waals surface area contributed by atoms with Crippen molar-refractivity contribution in [2.45, 2.75) is 110 Å². The van der Waals surface area contributed by atoms with Crippen LogP contribution in [0.2, 0.25) is 0 Å². The summed E-state index contributed by atoms with van der Waals surface area (Å²) < 4.78 is 0. The Hall–Kier alpha value is -1.75. The van der Waals surface area contributed by atoms with E-state index in [0.717, 1.165) is 18.4 Å². The van der Waals surface area contributed by atoms with Crippen LogP contribution in [-0.4, -0.2) is 12.5 Å². The molecule has 29 heavy (non-hydrogen) atoms. The van der Waals surface area contributed by atoms with Crippen molar-refractivity contribution < 1.29 is 4.79 Å². The Balaban J connectivity index is 1.91. The molecule has 162 valence electrons. The van der Waals surface area contributed by atoms with E-state index in [0.29, 0.717) is 13.0 Å². The van der Waals surface area contributed by atoms with Crippen LogP contribution in [0.5, 0.6) is 0 Å². The van der Waals surface area contributed by atoms with Crippen LogP contribution in [0, 0.1) is 11.8 Å². The van der Waals surface area contributed by atoms with Crippen molar-refractivity contribution in [2.75, 3.05) is 6.54 Å². The van der Waals surface area contributed by atoms with Gasteiger partial charge >= 0.3 is 0 Å². The van der Waals surface area contributed by atoms with E-state index in [1.165, 1.54) is 82.6 Å². The Morgan fingerprint density at radius 1 is 0.828 bits per heavy atom. The van der Waals surface area contributed by atoms with E-state index in [4.69, 9.17) is 0 Å². The fourth-order valence-corrected chi connectivity index (χ4v) is 3.55. The van der Waals surface area contributed by atoms with E-state index in [-0.39, 0.29) is 5.91 Å². The number of unbranched alkanes of at least 4 members (excludes halogenated alkanes) is 12. The number of rotatable bonds is 16. The lowest BCUT2D eigenvalue weighted by Gasteiger charge is -2.03. The van der Waals surface area contributed by atoms with Crippen LogP contribution in [0.4, 0.5) is 0 Å². The maximum absolute atomic E-state index is 11.9. The van der Waals surface area contributed by atoms with Crippen LogP contribution in [0.25, 0.3) is 0 Å². The van der Waals surface area contributed by atoms with E-state index in [2.05, 4.69) is 43.1 Å². The zero-order valence-electron chi connectivity index (χ0n) is 19.0. The zero-order valence-corrected chi connectivity index (χ0v) is 19.0. The Labute approximate surface area is 180 Å². The second-order valence-electron chi connectivity index (χ2n) is 8.13. The molecule has 0 radical (unpaired) electrons. The fraction of sp³-hybridized carbons (Fsp3) is 0.667. The van der Waals surface area contributed by atoms with Crippen molar-refractivity contribution in [1.29, 1.82) is 0 Å². The first-order valence-electron chi connectivity index (χ1n) is 12.1. The summed E-state index contributed by atoms with van der Waals surface area (Å²) in [6, 6.07) is 8.28. The van der Waals surface area contributed by atoms with Crippen molar-refractivity contribution >= 4 is 5.91 Å². The molecule has 1 amide bonds. The Kier molecular flexibility index (Phi) is 15.9. The number of hydrogen-bond acceptors (Lipinski definition) is 1. The Morgan fingerprint density at radius 3 is 2.00 bits per heavy atom. The van der Waals surface area contributed by atoms with Crippen LogP contribution < -0.4 is 5.32 Å². The lowest BCUT2D eigenvalue weighted by molar-refractivity contribution is -0.120. The van der Waals surface area contributed by atoms with Gasteiger partial charge in [0, 0.05) is 12.0 Å². The van der Waals surface area contributed by atoms with E-state index in [1.807, 2.05) is 12.1 Å². The molecule has 0 bridgehead atoms. The standard InChI is InChI=1S/C27H43NO/c1-3-5-6-7-8-9-10-11-12-13-14-15-16-22-27(29)28-23-18-21-26-20-17-19-25(4-2)24-26/h17,19-20,24H,3-16,22-23H2,1-2H3,(H,28,29). The Bertz CT molecular complexity index is 596. The smallest absolute Gasteiger partial charge is 0.220 e. The van der Waals surface area contributed by atoms with Crippen LogP contribution in [0.3, 0.4) is 0 Å². The van der Waals surface area contributed by atoms with Gasteiger partial charge in [-0.25, -0.2) is 0 Å². The summed E-state index contributed by atoms with van der Waals surface area (Å²) in [5, 5.41) is 2.91. The number of hydrogen-bond donors (Lipinski definition) is 1. The lowest BCUT2D eigenvalue weighted by Crippen LogP contribution is -2.23. The summed E-state index contributed by atoms with van der Waals surface area (Å²) in [6.07, 6.45) is 19.0. The first kappa shape index (κ1) is 25.3. The van der Waals surface area contributed by atoms with Crippen LogP contribution in [0.1, 0.15) is 115 Å². The molecule has 2 heteroatoms. The largest absolute Gasteiger partial charge is 0.345 e. The molecule has 0 atom stereocenters. The molecule has 0 aliphatic rings. The molecule has 1 aromatic carbocycles. The minimum absolute atomic E-state index is 0.129. The van der Waals surface area contributed by atoms with Crippen molar-refractivity contribution in [3.8, 4) is 11.8 Å². The second-order valence-corrected chi connectivity index (χ2v) is 8.13. The summed E-state index contributed by atoms with van der Waals surface area (Å²) >= 11 is 0. The molecule has 0 aliphatic carbocycles. The first-order chi connectivity index (χ1) is 14.3. The number of nitrogens with one attached hydrogen (secondary N) is 1. The van der Waals surface area contributed by atoms with Crippen molar-refractivity contribution in [3.63, 3.8) is 0 Å². The first-order valence-corrected chi connectivity index (χ1v) is 12.1. The van der Waals surface area contributed by atoms with Crippen LogP contribution >= 0.6 is 0 Å². The average Bonchev–Trinajstić information content (AvgIpc) is 2.74. The molecule has 0 unspecified atom stereocenters. The van der Waals surface area contributed by atoms with E-state index in [9.17, 15) is 4.79 Å². The third kappa shape index (κ3) is 14.8. The molecule has 0 spiro atoms. The van der Waals surface area contributed by atoms with Gasteiger partial charge in [-0.3, -0.25) is 4.79 Å². The molecule has 1 aromatic rings. The molecule has 0 fully saturated rings. The molecule has 1 N–H and O–H groups in total. The van der Waals surface area contributed by atoms with Gasteiger partial charge in [-0.1, -0.05) is 115 Å². The highest BCUT2D eigenvalue weighted by Crippen LogP contribution is 2.12. The molecular formula is C27H43NO. The van der Waals surface area contributed by atoms with Gasteiger partial charge in [0.05, 0.1) is 6.54 Å². The van der Waals surface area contributed by atoms with E-state index in [1.54, 1.807) is 0 Å². The maximum atomic E-state index is 11.9. The predicted molar refractivity (Wildman–Crippen MR) is 126 cm³/mol. The average molecular weight is 398 g/mol. The van der Waals surface area contributed by atoms with Crippen molar-refractivity contribution in [2.24, 2.45) is 0 Å². The van der Waals surface area contributed by atoms with Gasteiger partial charge in [0.25, 0.3) is 0 Å².